The van der Waals surface area contributed by atoms with E-state index in [0.29, 0.717) is 0 Å². The predicted octanol–water partition coefficient (Wildman–Crippen LogP) is 1.46. The Morgan fingerprint density at radius 3 is 3.20 bits per heavy atom. The van der Waals surface area contributed by atoms with Crippen molar-refractivity contribution < 1.29 is 4.79 Å². The number of carbonyl (C=O) groups excluding carboxylic acids is 1. The topological polar surface area (TPSA) is 32.3 Å². The number of rotatable bonds is 3. The molecule has 82 valence electrons. The van der Waals surface area contributed by atoms with Crippen molar-refractivity contribution >= 4 is 17.2 Å². The van der Waals surface area contributed by atoms with E-state index in [-0.39, 0.29) is 11.9 Å². The van der Waals surface area contributed by atoms with Crippen LogP contribution in [0.2, 0.25) is 0 Å². The smallest absolute Gasteiger partial charge is 0.239 e. The molecular formula is C11H16N2OS. The first-order valence-electron chi connectivity index (χ1n) is 5.28. The maximum absolute atomic E-state index is 11.9. The number of amides is 1. The first kappa shape index (κ1) is 10.6. The molecule has 0 spiro atoms. The molecule has 1 aromatic heterocycles. The molecule has 0 aromatic carbocycles. The summed E-state index contributed by atoms with van der Waals surface area (Å²) in [5, 5.41) is 5.27. The normalized spacial score (nSPS) is 20.5. The summed E-state index contributed by atoms with van der Waals surface area (Å²) < 4.78 is 0. The van der Waals surface area contributed by atoms with E-state index in [1.54, 1.807) is 11.3 Å². The van der Waals surface area contributed by atoms with Crippen molar-refractivity contribution in [3.63, 3.8) is 0 Å². The van der Waals surface area contributed by atoms with Gasteiger partial charge in [-0.3, -0.25) is 4.79 Å². The second kappa shape index (κ2) is 4.77. The van der Waals surface area contributed by atoms with E-state index in [0.717, 1.165) is 25.9 Å². The largest absolute Gasteiger partial charge is 0.339 e. The SMILES string of the molecule is CN(Cc1cccs1)C(=O)[C@H]1CCCN1. The van der Waals surface area contributed by atoms with Gasteiger partial charge in [0, 0.05) is 11.9 Å². The van der Waals surface area contributed by atoms with E-state index in [4.69, 9.17) is 0 Å². The predicted molar refractivity (Wildman–Crippen MR) is 61.8 cm³/mol. The Balaban J connectivity index is 1.89. The molecule has 1 N–H and O–H groups in total. The average Bonchev–Trinajstić information content (AvgIpc) is 2.88. The maximum Gasteiger partial charge on any atom is 0.239 e. The molecule has 1 amide bonds. The molecule has 2 rings (SSSR count). The number of nitrogens with zero attached hydrogens (tertiary/aromatic N) is 1. The van der Waals surface area contributed by atoms with Crippen molar-refractivity contribution in [1.29, 1.82) is 0 Å². The third-order valence-electron chi connectivity index (χ3n) is 2.71. The van der Waals surface area contributed by atoms with Gasteiger partial charge in [-0.25, -0.2) is 0 Å². The first-order chi connectivity index (χ1) is 7.27. The third-order valence-corrected chi connectivity index (χ3v) is 3.57. The lowest BCUT2D eigenvalue weighted by Crippen LogP contribution is -2.41. The highest BCUT2D eigenvalue weighted by Gasteiger charge is 2.24. The highest BCUT2D eigenvalue weighted by Crippen LogP contribution is 2.13. The Labute approximate surface area is 94.1 Å². The van der Waals surface area contributed by atoms with Crippen molar-refractivity contribution in [3.8, 4) is 0 Å². The van der Waals surface area contributed by atoms with Crippen LogP contribution in [0.1, 0.15) is 17.7 Å². The van der Waals surface area contributed by atoms with Gasteiger partial charge >= 0.3 is 0 Å². The van der Waals surface area contributed by atoms with Gasteiger partial charge in [-0.2, -0.15) is 0 Å². The van der Waals surface area contributed by atoms with Crippen molar-refractivity contribution in [2.45, 2.75) is 25.4 Å². The molecule has 0 aliphatic carbocycles. The minimum atomic E-state index is 0.0509. The Hall–Kier alpha value is -0.870. The van der Waals surface area contributed by atoms with Gasteiger partial charge in [0.2, 0.25) is 5.91 Å². The van der Waals surface area contributed by atoms with E-state index >= 15 is 0 Å². The number of thiophene rings is 1. The molecule has 1 aliphatic heterocycles. The zero-order chi connectivity index (χ0) is 10.7. The Morgan fingerprint density at radius 2 is 2.60 bits per heavy atom. The lowest BCUT2D eigenvalue weighted by atomic mass is 10.2. The second-order valence-electron chi connectivity index (χ2n) is 3.92. The summed E-state index contributed by atoms with van der Waals surface area (Å²) in [5.41, 5.74) is 0. The van der Waals surface area contributed by atoms with E-state index in [2.05, 4.69) is 11.4 Å². The number of likely N-dealkylation sites (N-methyl/N-ethyl adjacent to an activating group) is 1. The van der Waals surface area contributed by atoms with Crippen molar-refractivity contribution in [2.24, 2.45) is 0 Å². The maximum atomic E-state index is 11.9. The quantitative estimate of drug-likeness (QED) is 0.843. The summed E-state index contributed by atoms with van der Waals surface area (Å²) in [6.45, 7) is 1.71. The van der Waals surface area contributed by atoms with Crippen LogP contribution in [0.5, 0.6) is 0 Å². The zero-order valence-electron chi connectivity index (χ0n) is 8.90. The minimum Gasteiger partial charge on any atom is -0.339 e. The van der Waals surface area contributed by atoms with Gasteiger partial charge in [0.05, 0.1) is 12.6 Å². The summed E-state index contributed by atoms with van der Waals surface area (Å²) in [5.74, 6) is 0.223. The van der Waals surface area contributed by atoms with Crippen molar-refractivity contribution in [1.82, 2.24) is 10.2 Å². The molecule has 1 aliphatic rings. The van der Waals surface area contributed by atoms with Gasteiger partial charge in [-0.15, -0.1) is 11.3 Å². The number of carbonyl (C=O) groups is 1. The van der Waals surface area contributed by atoms with E-state index in [1.165, 1.54) is 4.88 Å². The molecule has 1 saturated heterocycles. The molecule has 0 saturated carbocycles. The van der Waals surface area contributed by atoms with Gasteiger partial charge in [0.1, 0.15) is 0 Å². The average molecular weight is 224 g/mol. The van der Waals surface area contributed by atoms with Gasteiger partial charge in [0.25, 0.3) is 0 Å². The Morgan fingerprint density at radius 1 is 1.73 bits per heavy atom. The fourth-order valence-corrected chi connectivity index (χ4v) is 2.63. The van der Waals surface area contributed by atoms with E-state index in [9.17, 15) is 4.79 Å². The van der Waals surface area contributed by atoms with Crippen LogP contribution in [-0.2, 0) is 11.3 Å². The summed E-state index contributed by atoms with van der Waals surface area (Å²) in [4.78, 5) is 15.0. The standard InChI is InChI=1S/C11H16N2OS/c1-13(8-9-4-3-7-15-9)11(14)10-5-2-6-12-10/h3-4,7,10,12H,2,5-6,8H2,1H3/t10-/m1/s1. The van der Waals surface area contributed by atoms with Crippen LogP contribution in [0, 0.1) is 0 Å². The van der Waals surface area contributed by atoms with Crippen LogP contribution >= 0.6 is 11.3 Å². The molecule has 1 fully saturated rings. The van der Waals surface area contributed by atoms with E-state index < -0.39 is 0 Å². The molecular weight excluding hydrogens is 208 g/mol. The zero-order valence-corrected chi connectivity index (χ0v) is 9.72. The number of nitrogens with one attached hydrogen (secondary N) is 1. The summed E-state index contributed by atoms with van der Waals surface area (Å²) in [6, 6.07) is 4.14. The third kappa shape index (κ3) is 2.58. The van der Waals surface area contributed by atoms with Gasteiger partial charge in [-0.05, 0) is 30.8 Å². The number of hydrogen-bond donors (Lipinski definition) is 1. The lowest BCUT2D eigenvalue weighted by molar-refractivity contribution is -0.132. The first-order valence-corrected chi connectivity index (χ1v) is 6.16. The molecule has 0 radical (unpaired) electrons. The van der Waals surface area contributed by atoms with Crippen LogP contribution in [-0.4, -0.2) is 30.4 Å². The second-order valence-corrected chi connectivity index (χ2v) is 4.95. The van der Waals surface area contributed by atoms with Gasteiger partial charge in [-0.1, -0.05) is 6.07 Å². The van der Waals surface area contributed by atoms with Crippen LogP contribution in [0.15, 0.2) is 17.5 Å². The summed E-state index contributed by atoms with van der Waals surface area (Å²) >= 11 is 1.70. The molecule has 4 heteroatoms. The monoisotopic (exact) mass is 224 g/mol. The van der Waals surface area contributed by atoms with Gasteiger partial charge < -0.3 is 10.2 Å². The number of hydrogen-bond acceptors (Lipinski definition) is 3. The minimum absolute atomic E-state index is 0.0509. The Kier molecular flexibility index (Phi) is 3.38. The molecule has 0 unspecified atom stereocenters. The summed E-state index contributed by atoms with van der Waals surface area (Å²) in [7, 11) is 1.88. The van der Waals surface area contributed by atoms with Crippen LogP contribution in [0.25, 0.3) is 0 Å². The van der Waals surface area contributed by atoms with Gasteiger partial charge in [0.15, 0.2) is 0 Å². The fourth-order valence-electron chi connectivity index (χ4n) is 1.88. The molecule has 2 heterocycles. The molecule has 1 atom stereocenters. The highest BCUT2D eigenvalue weighted by molar-refractivity contribution is 7.09. The van der Waals surface area contributed by atoms with Crippen LogP contribution in [0.3, 0.4) is 0 Å². The molecule has 3 nitrogen and oxygen atoms in total. The molecule has 0 bridgehead atoms. The van der Waals surface area contributed by atoms with E-state index in [1.807, 2.05) is 23.4 Å². The fraction of sp³-hybridized carbons (Fsp3) is 0.545. The van der Waals surface area contributed by atoms with Crippen molar-refractivity contribution in [3.05, 3.63) is 22.4 Å². The summed E-state index contributed by atoms with van der Waals surface area (Å²) in [6.07, 6.45) is 2.09. The molecule has 15 heavy (non-hydrogen) atoms. The van der Waals surface area contributed by atoms with Crippen LogP contribution < -0.4 is 5.32 Å². The molecule has 1 aromatic rings. The highest BCUT2D eigenvalue weighted by atomic mass is 32.1. The lowest BCUT2D eigenvalue weighted by Gasteiger charge is -2.20. The Bertz CT molecular complexity index is 317. The van der Waals surface area contributed by atoms with Crippen LogP contribution in [0.4, 0.5) is 0 Å². The van der Waals surface area contributed by atoms with Crippen molar-refractivity contribution in [2.75, 3.05) is 13.6 Å².